The van der Waals surface area contributed by atoms with Crippen molar-refractivity contribution in [1.82, 2.24) is 4.72 Å². The molecule has 16 heavy (non-hydrogen) atoms. The van der Waals surface area contributed by atoms with Crippen LogP contribution in [0.1, 0.15) is 6.42 Å². The van der Waals surface area contributed by atoms with E-state index in [-0.39, 0.29) is 27.9 Å². The molecule has 0 saturated heterocycles. The maximum atomic E-state index is 11.6. The maximum Gasteiger partial charge on any atom is 0.240 e. The van der Waals surface area contributed by atoms with Crippen molar-refractivity contribution in [1.29, 1.82) is 0 Å². The monoisotopic (exact) mass is 281 g/mol. The van der Waals surface area contributed by atoms with Gasteiger partial charge in [0.2, 0.25) is 10.0 Å². The predicted molar refractivity (Wildman–Crippen MR) is 62.3 cm³/mol. The van der Waals surface area contributed by atoms with Crippen molar-refractivity contribution in [3.63, 3.8) is 0 Å². The predicted octanol–water partition coefficient (Wildman–Crippen LogP) is 1.86. The van der Waals surface area contributed by atoms with Gasteiger partial charge in [-0.2, -0.15) is 0 Å². The molecular formula is C9H9Cl2NO3S. The Morgan fingerprint density at radius 1 is 1.25 bits per heavy atom. The highest BCUT2D eigenvalue weighted by Gasteiger charge is 2.14. The van der Waals surface area contributed by atoms with Gasteiger partial charge in [-0.05, 0) is 18.2 Å². The summed E-state index contributed by atoms with van der Waals surface area (Å²) in [6.07, 6.45) is 0.762. The van der Waals surface area contributed by atoms with Crippen LogP contribution in [-0.2, 0) is 14.8 Å². The maximum absolute atomic E-state index is 11.6. The number of rotatable bonds is 5. The van der Waals surface area contributed by atoms with Gasteiger partial charge in [0.05, 0.1) is 14.9 Å². The zero-order valence-electron chi connectivity index (χ0n) is 8.11. The van der Waals surface area contributed by atoms with Gasteiger partial charge in [0.25, 0.3) is 0 Å². The van der Waals surface area contributed by atoms with Gasteiger partial charge < -0.3 is 4.79 Å². The summed E-state index contributed by atoms with van der Waals surface area (Å²) in [5.74, 6) is 0. The molecule has 0 aliphatic carbocycles. The number of benzene rings is 1. The summed E-state index contributed by atoms with van der Waals surface area (Å²) in [7, 11) is -3.62. The van der Waals surface area contributed by atoms with Gasteiger partial charge in [-0.3, -0.25) is 0 Å². The molecule has 4 nitrogen and oxygen atoms in total. The lowest BCUT2D eigenvalue weighted by Gasteiger charge is -2.05. The molecule has 1 aromatic carbocycles. The van der Waals surface area contributed by atoms with Crippen LogP contribution in [0.2, 0.25) is 10.0 Å². The molecule has 0 amide bonds. The molecule has 0 unspecified atom stereocenters. The molecule has 0 radical (unpaired) electrons. The second-order valence-corrected chi connectivity index (χ2v) is 5.51. The SMILES string of the molecule is O=CCCNS(=O)(=O)c1ccc(Cl)c(Cl)c1. The quantitative estimate of drug-likeness (QED) is 0.662. The molecule has 0 spiro atoms. The first-order chi connectivity index (χ1) is 7.47. The second kappa shape index (κ2) is 5.63. The standard InChI is InChI=1S/C9H9Cl2NO3S/c10-8-3-2-7(6-9(8)11)16(14,15)12-4-1-5-13/h2-3,5-6,12H,1,4H2. The van der Waals surface area contributed by atoms with Gasteiger partial charge in [0.1, 0.15) is 6.29 Å². The number of aldehydes is 1. The third-order valence-corrected chi connectivity index (χ3v) is 3.95. The first kappa shape index (κ1) is 13.4. The molecule has 0 saturated carbocycles. The lowest BCUT2D eigenvalue weighted by atomic mass is 10.4. The first-order valence-corrected chi connectivity index (χ1v) is 6.59. The van der Waals surface area contributed by atoms with Crippen LogP contribution < -0.4 is 4.72 Å². The number of carbonyl (C=O) groups excluding carboxylic acids is 1. The highest BCUT2D eigenvalue weighted by molar-refractivity contribution is 7.89. The van der Waals surface area contributed by atoms with Gasteiger partial charge in [-0.25, -0.2) is 13.1 Å². The van der Waals surface area contributed by atoms with E-state index in [0.29, 0.717) is 6.29 Å². The summed E-state index contributed by atoms with van der Waals surface area (Å²) in [6, 6.07) is 4.00. The minimum absolute atomic E-state index is 0.0211. The molecule has 1 N–H and O–H groups in total. The lowest BCUT2D eigenvalue weighted by Crippen LogP contribution is -2.24. The van der Waals surface area contributed by atoms with E-state index in [2.05, 4.69) is 4.72 Å². The van der Waals surface area contributed by atoms with Crippen LogP contribution in [0.5, 0.6) is 0 Å². The van der Waals surface area contributed by atoms with Crippen LogP contribution in [0, 0.1) is 0 Å². The van der Waals surface area contributed by atoms with E-state index >= 15 is 0 Å². The molecule has 0 aliphatic heterocycles. The fourth-order valence-electron chi connectivity index (χ4n) is 0.980. The van der Waals surface area contributed by atoms with E-state index in [0.717, 1.165) is 0 Å². The lowest BCUT2D eigenvalue weighted by molar-refractivity contribution is -0.107. The zero-order valence-corrected chi connectivity index (χ0v) is 10.4. The first-order valence-electron chi connectivity index (χ1n) is 4.36. The normalized spacial score (nSPS) is 11.4. The highest BCUT2D eigenvalue weighted by atomic mass is 35.5. The van der Waals surface area contributed by atoms with Crippen molar-refractivity contribution >= 4 is 39.5 Å². The fraction of sp³-hybridized carbons (Fsp3) is 0.222. The Morgan fingerprint density at radius 2 is 1.94 bits per heavy atom. The van der Waals surface area contributed by atoms with E-state index in [9.17, 15) is 13.2 Å². The smallest absolute Gasteiger partial charge is 0.240 e. The van der Waals surface area contributed by atoms with E-state index in [1.54, 1.807) is 0 Å². The molecule has 1 aromatic rings. The van der Waals surface area contributed by atoms with Gasteiger partial charge in [0, 0.05) is 13.0 Å². The number of hydrogen-bond acceptors (Lipinski definition) is 3. The van der Waals surface area contributed by atoms with E-state index < -0.39 is 10.0 Å². The van der Waals surface area contributed by atoms with E-state index in [4.69, 9.17) is 23.2 Å². The minimum atomic E-state index is -3.62. The molecule has 7 heteroatoms. The van der Waals surface area contributed by atoms with Crippen molar-refractivity contribution in [2.75, 3.05) is 6.54 Å². The molecule has 1 rings (SSSR count). The largest absolute Gasteiger partial charge is 0.303 e. The van der Waals surface area contributed by atoms with Crippen molar-refractivity contribution in [2.45, 2.75) is 11.3 Å². The minimum Gasteiger partial charge on any atom is -0.303 e. The number of carbonyl (C=O) groups is 1. The summed E-state index contributed by atoms with van der Waals surface area (Å²) in [5, 5.41) is 0.452. The van der Waals surface area contributed by atoms with Crippen molar-refractivity contribution < 1.29 is 13.2 Å². The average Bonchev–Trinajstić information content (AvgIpc) is 2.22. The Kier molecular flexibility index (Phi) is 4.73. The summed E-state index contributed by atoms with van der Waals surface area (Å²) in [6.45, 7) is 0.0616. The molecule has 0 aliphatic rings. The van der Waals surface area contributed by atoms with Crippen molar-refractivity contribution in [3.05, 3.63) is 28.2 Å². The Bertz CT molecular complexity index is 488. The summed E-state index contributed by atoms with van der Waals surface area (Å²) >= 11 is 11.4. The Labute approximate surface area is 104 Å². The molecular weight excluding hydrogens is 273 g/mol. The van der Waals surface area contributed by atoms with Crippen LogP contribution in [0.25, 0.3) is 0 Å². The second-order valence-electron chi connectivity index (χ2n) is 2.93. The van der Waals surface area contributed by atoms with Crippen LogP contribution in [0.4, 0.5) is 0 Å². The Hall–Kier alpha value is -0.620. The van der Waals surface area contributed by atoms with Crippen LogP contribution in [0.3, 0.4) is 0 Å². The average molecular weight is 282 g/mol. The van der Waals surface area contributed by atoms with Gasteiger partial charge in [-0.15, -0.1) is 0 Å². The van der Waals surface area contributed by atoms with E-state index in [1.165, 1.54) is 18.2 Å². The van der Waals surface area contributed by atoms with Gasteiger partial charge in [0.15, 0.2) is 0 Å². The van der Waals surface area contributed by atoms with Crippen molar-refractivity contribution in [2.24, 2.45) is 0 Å². The zero-order chi connectivity index (χ0) is 12.2. The number of halogens is 2. The van der Waals surface area contributed by atoms with Crippen LogP contribution in [-0.4, -0.2) is 21.2 Å². The number of nitrogens with one attached hydrogen (secondary N) is 1. The molecule has 0 aromatic heterocycles. The summed E-state index contributed by atoms with van der Waals surface area (Å²) in [5.41, 5.74) is 0. The van der Waals surface area contributed by atoms with Gasteiger partial charge in [-0.1, -0.05) is 23.2 Å². The third kappa shape index (κ3) is 3.45. The Balaban J connectivity index is 2.90. The molecule has 0 heterocycles. The topological polar surface area (TPSA) is 63.2 Å². The number of sulfonamides is 1. The van der Waals surface area contributed by atoms with E-state index in [1.807, 2.05) is 0 Å². The van der Waals surface area contributed by atoms with Gasteiger partial charge >= 0.3 is 0 Å². The number of hydrogen-bond donors (Lipinski definition) is 1. The molecule has 0 fully saturated rings. The van der Waals surface area contributed by atoms with Crippen LogP contribution in [0.15, 0.2) is 23.1 Å². The van der Waals surface area contributed by atoms with Crippen molar-refractivity contribution in [3.8, 4) is 0 Å². The third-order valence-electron chi connectivity index (χ3n) is 1.76. The highest BCUT2D eigenvalue weighted by Crippen LogP contribution is 2.24. The summed E-state index contributed by atoms with van der Waals surface area (Å²) < 4.78 is 25.5. The molecule has 0 bridgehead atoms. The Morgan fingerprint density at radius 3 is 2.50 bits per heavy atom. The fourth-order valence-corrected chi connectivity index (χ4v) is 2.42. The molecule has 0 atom stereocenters. The van der Waals surface area contributed by atoms with Crippen LogP contribution >= 0.6 is 23.2 Å². The summed E-state index contributed by atoms with van der Waals surface area (Å²) in [4.78, 5) is 10.1. The molecule has 88 valence electrons.